The van der Waals surface area contributed by atoms with E-state index in [1.165, 1.54) is 0 Å². The van der Waals surface area contributed by atoms with Gasteiger partial charge in [-0.3, -0.25) is 4.79 Å². The minimum atomic E-state index is -0.0421. The zero-order chi connectivity index (χ0) is 19.8. The van der Waals surface area contributed by atoms with Gasteiger partial charge in [-0.05, 0) is 36.8 Å². The van der Waals surface area contributed by atoms with E-state index in [1.807, 2.05) is 29.2 Å². The van der Waals surface area contributed by atoms with Gasteiger partial charge < -0.3 is 18.6 Å². The summed E-state index contributed by atoms with van der Waals surface area (Å²) in [6, 6.07) is 11.0. The molecule has 5 heterocycles. The maximum atomic E-state index is 12.9. The largest absolute Gasteiger partial charge is 0.481 e. The van der Waals surface area contributed by atoms with Gasteiger partial charge in [0.15, 0.2) is 17.2 Å². The Morgan fingerprint density at radius 3 is 2.90 bits per heavy atom. The number of rotatable bonds is 4. The molecule has 1 fully saturated rings. The van der Waals surface area contributed by atoms with Crippen LogP contribution in [0.2, 0.25) is 0 Å². The van der Waals surface area contributed by atoms with Crippen LogP contribution in [0.15, 0.2) is 59.5 Å². The molecule has 0 aromatic carbocycles. The van der Waals surface area contributed by atoms with E-state index < -0.39 is 0 Å². The van der Waals surface area contributed by atoms with Gasteiger partial charge in [0, 0.05) is 31.5 Å². The smallest absolute Gasteiger partial charge is 0.255 e. The molecule has 0 saturated carbocycles. The third-order valence-corrected chi connectivity index (χ3v) is 5.20. The van der Waals surface area contributed by atoms with E-state index in [4.69, 9.17) is 14.1 Å². The number of likely N-dealkylation sites (tertiary alicyclic amines) is 1. The number of amides is 1. The number of fused-ring (bicyclic) bond motifs is 1. The Bertz CT molecular complexity index is 1150. The Balaban J connectivity index is 1.46. The predicted molar refractivity (Wildman–Crippen MR) is 106 cm³/mol. The van der Waals surface area contributed by atoms with Crippen molar-refractivity contribution in [2.24, 2.45) is 0 Å². The van der Waals surface area contributed by atoms with Crippen LogP contribution in [0, 0.1) is 0 Å². The van der Waals surface area contributed by atoms with Crippen molar-refractivity contribution in [1.29, 1.82) is 0 Å². The van der Waals surface area contributed by atoms with Crippen LogP contribution in [0.5, 0.6) is 5.88 Å². The van der Waals surface area contributed by atoms with E-state index in [0.29, 0.717) is 30.3 Å². The van der Waals surface area contributed by atoms with Crippen molar-refractivity contribution in [1.82, 2.24) is 24.4 Å². The van der Waals surface area contributed by atoms with Crippen LogP contribution in [0.4, 0.5) is 0 Å². The molecule has 1 unspecified atom stereocenters. The number of imidazole rings is 1. The number of hydrogen-bond acceptors (Lipinski definition) is 6. The fourth-order valence-electron chi connectivity index (χ4n) is 3.80. The van der Waals surface area contributed by atoms with Crippen LogP contribution in [0.1, 0.15) is 22.8 Å². The highest BCUT2D eigenvalue weighted by Crippen LogP contribution is 2.32. The van der Waals surface area contributed by atoms with E-state index in [-0.39, 0.29) is 11.9 Å². The first-order valence-electron chi connectivity index (χ1n) is 9.41. The van der Waals surface area contributed by atoms with E-state index in [2.05, 4.69) is 14.5 Å². The molecule has 146 valence electrons. The topological polar surface area (TPSA) is 86.3 Å². The highest BCUT2D eigenvalue weighted by atomic mass is 16.5. The molecule has 29 heavy (non-hydrogen) atoms. The fourth-order valence-corrected chi connectivity index (χ4v) is 3.80. The summed E-state index contributed by atoms with van der Waals surface area (Å²) in [5, 5.41) is 0. The van der Waals surface area contributed by atoms with Crippen molar-refractivity contribution in [3.8, 4) is 17.5 Å². The highest BCUT2D eigenvalue weighted by molar-refractivity contribution is 5.94. The SMILES string of the molecule is COc1ccc(C(=O)N2CCC(n3c(-c4ccco4)nc4cccnc43)C2)cn1. The number of hydrogen-bond donors (Lipinski definition) is 0. The van der Waals surface area contributed by atoms with Gasteiger partial charge >= 0.3 is 0 Å². The number of carbonyl (C=O) groups is 1. The molecule has 0 spiro atoms. The lowest BCUT2D eigenvalue weighted by Crippen LogP contribution is -2.29. The molecule has 1 aliphatic rings. The molecule has 0 aliphatic carbocycles. The maximum Gasteiger partial charge on any atom is 0.255 e. The van der Waals surface area contributed by atoms with Crippen LogP contribution >= 0.6 is 0 Å². The molecule has 1 atom stereocenters. The van der Waals surface area contributed by atoms with Gasteiger partial charge in [-0.15, -0.1) is 0 Å². The summed E-state index contributed by atoms with van der Waals surface area (Å²) in [6.45, 7) is 1.22. The van der Waals surface area contributed by atoms with Crippen LogP contribution in [0.3, 0.4) is 0 Å². The Kier molecular flexibility index (Phi) is 4.23. The third-order valence-electron chi connectivity index (χ3n) is 5.20. The summed E-state index contributed by atoms with van der Waals surface area (Å²) in [5.41, 5.74) is 2.15. The lowest BCUT2D eigenvalue weighted by Gasteiger charge is -2.18. The number of nitrogens with zero attached hydrogens (tertiary/aromatic N) is 5. The summed E-state index contributed by atoms with van der Waals surface area (Å²) >= 11 is 0. The molecule has 4 aromatic rings. The summed E-state index contributed by atoms with van der Waals surface area (Å²) < 4.78 is 12.8. The van der Waals surface area contributed by atoms with Gasteiger partial charge in [-0.1, -0.05) is 0 Å². The molecule has 8 heteroatoms. The number of ether oxygens (including phenoxy) is 1. The van der Waals surface area contributed by atoms with Crippen LogP contribution in [0.25, 0.3) is 22.7 Å². The summed E-state index contributed by atoms with van der Waals surface area (Å²) in [6.07, 6.45) is 5.75. The molecule has 8 nitrogen and oxygen atoms in total. The van der Waals surface area contributed by atoms with Gasteiger partial charge in [-0.2, -0.15) is 0 Å². The second-order valence-corrected chi connectivity index (χ2v) is 6.91. The second-order valence-electron chi connectivity index (χ2n) is 6.91. The summed E-state index contributed by atoms with van der Waals surface area (Å²) in [5.74, 6) is 1.86. The molecule has 0 N–H and O–H groups in total. The molecular weight excluding hydrogens is 370 g/mol. The van der Waals surface area contributed by atoms with Crippen LogP contribution in [-0.2, 0) is 0 Å². The summed E-state index contributed by atoms with van der Waals surface area (Å²) in [4.78, 5) is 28.2. The number of carbonyl (C=O) groups excluding carboxylic acids is 1. The van der Waals surface area contributed by atoms with Gasteiger partial charge in [0.2, 0.25) is 5.88 Å². The Hall–Kier alpha value is -3.68. The van der Waals surface area contributed by atoms with E-state index >= 15 is 0 Å². The van der Waals surface area contributed by atoms with E-state index in [0.717, 1.165) is 23.4 Å². The number of pyridine rings is 2. The second kappa shape index (κ2) is 7.05. The normalized spacial score (nSPS) is 16.4. The predicted octanol–water partition coefficient (Wildman–Crippen LogP) is 3.18. The fraction of sp³-hybridized carbons (Fsp3) is 0.238. The number of methoxy groups -OCH3 is 1. The van der Waals surface area contributed by atoms with Crippen LogP contribution < -0.4 is 4.74 Å². The minimum absolute atomic E-state index is 0.0421. The van der Waals surface area contributed by atoms with Crippen molar-refractivity contribution >= 4 is 17.1 Å². The van der Waals surface area contributed by atoms with Crippen molar-refractivity contribution in [3.05, 3.63) is 60.6 Å². The first-order valence-corrected chi connectivity index (χ1v) is 9.41. The molecule has 0 radical (unpaired) electrons. The Morgan fingerprint density at radius 2 is 2.14 bits per heavy atom. The minimum Gasteiger partial charge on any atom is -0.481 e. The monoisotopic (exact) mass is 389 g/mol. The van der Waals surface area contributed by atoms with E-state index in [1.54, 1.807) is 37.9 Å². The molecule has 4 aromatic heterocycles. The zero-order valence-corrected chi connectivity index (χ0v) is 15.9. The molecule has 1 aliphatic heterocycles. The van der Waals surface area contributed by atoms with Crippen molar-refractivity contribution < 1.29 is 13.9 Å². The average Bonchev–Trinajstić information content (AvgIpc) is 3.52. The first kappa shape index (κ1) is 17.4. The molecular formula is C21H19N5O3. The van der Waals surface area contributed by atoms with Gasteiger partial charge in [0.25, 0.3) is 5.91 Å². The van der Waals surface area contributed by atoms with Gasteiger partial charge in [0.05, 0.1) is 25.0 Å². The molecule has 5 rings (SSSR count). The summed E-state index contributed by atoms with van der Waals surface area (Å²) in [7, 11) is 1.55. The van der Waals surface area contributed by atoms with Crippen molar-refractivity contribution in [2.75, 3.05) is 20.2 Å². The quantitative estimate of drug-likeness (QED) is 0.533. The van der Waals surface area contributed by atoms with Gasteiger partial charge in [-0.25, -0.2) is 15.0 Å². The average molecular weight is 389 g/mol. The number of furan rings is 1. The van der Waals surface area contributed by atoms with E-state index in [9.17, 15) is 4.79 Å². The maximum absolute atomic E-state index is 12.9. The lowest BCUT2D eigenvalue weighted by molar-refractivity contribution is 0.0787. The Labute approximate surface area is 166 Å². The molecule has 1 saturated heterocycles. The standard InChI is InChI=1S/C21H19N5O3/c1-28-18-7-6-14(12-23-18)21(27)25-10-8-15(13-25)26-19-16(4-2-9-22-19)24-20(26)17-5-3-11-29-17/h2-7,9,11-12,15H,8,10,13H2,1H3. The lowest BCUT2D eigenvalue weighted by atomic mass is 10.2. The Morgan fingerprint density at radius 1 is 1.21 bits per heavy atom. The van der Waals surface area contributed by atoms with Crippen LogP contribution in [-0.4, -0.2) is 50.5 Å². The highest BCUT2D eigenvalue weighted by Gasteiger charge is 2.31. The van der Waals surface area contributed by atoms with Gasteiger partial charge in [0.1, 0.15) is 5.52 Å². The zero-order valence-electron chi connectivity index (χ0n) is 15.9. The number of aromatic nitrogens is 4. The first-order chi connectivity index (χ1) is 14.2. The van der Waals surface area contributed by atoms with Crippen molar-refractivity contribution in [2.45, 2.75) is 12.5 Å². The molecule has 0 bridgehead atoms. The van der Waals surface area contributed by atoms with Crippen molar-refractivity contribution in [3.63, 3.8) is 0 Å². The third kappa shape index (κ3) is 3.02. The molecule has 1 amide bonds.